The van der Waals surface area contributed by atoms with Crippen LogP contribution in [-0.4, -0.2) is 164 Å². The number of hydrogen-bond donors (Lipinski definition) is 0. The number of benzene rings is 4. The van der Waals surface area contributed by atoms with Crippen LogP contribution < -0.4 is 28.4 Å². The Morgan fingerprint density at radius 3 is 2.08 bits per heavy atom. The number of piperidine rings is 2. The molecule has 90 heavy (non-hydrogen) atoms. The SMILES string of the molecule is CC[C@H](C(=O)N1CCCC[C@H]1C(=O)O[C@H](CCc1ccc(OC)c(OC)c1)c1cccc(OCC(=O)N2CCC(CN3CCN(C(=O)[C@H](CC)[C@@H]4N=C(c5ccc(Cl)cc5)c5c(sc(C)c5C)-n5c(C)nnc54)CC3)CC2)c1)c1cc(OC)c(OC)c(OC)c1. The Labute approximate surface area is 537 Å². The number of aliphatic imine (C=N–C) groups is 1. The van der Waals surface area contributed by atoms with Crippen LogP contribution >= 0.6 is 22.9 Å². The van der Waals surface area contributed by atoms with Crippen molar-refractivity contribution in [1.29, 1.82) is 0 Å². The number of methoxy groups -OCH3 is 5. The third-order valence-corrected chi connectivity index (χ3v) is 19.9. The van der Waals surface area contributed by atoms with Gasteiger partial charge in [0.05, 0.1) is 53.1 Å². The van der Waals surface area contributed by atoms with E-state index in [9.17, 15) is 19.2 Å². The molecule has 10 rings (SSSR count). The second kappa shape index (κ2) is 29.5. The second-order valence-corrected chi connectivity index (χ2v) is 25.4. The maximum Gasteiger partial charge on any atom is 0.329 e. The summed E-state index contributed by atoms with van der Waals surface area (Å²) < 4.78 is 42.9. The topological polar surface area (TPSA) is 189 Å². The van der Waals surface area contributed by atoms with E-state index in [1.165, 1.54) is 12.0 Å². The molecule has 0 radical (unpaired) electrons. The van der Waals surface area contributed by atoms with Crippen LogP contribution in [0.15, 0.2) is 83.9 Å². The number of aromatic nitrogens is 3. The van der Waals surface area contributed by atoms with Crippen molar-refractivity contribution >= 4 is 52.3 Å². The van der Waals surface area contributed by atoms with Gasteiger partial charge in [-0.25, -0.2) is 4.79 Å². The number of esters is 1. The fourth-order valence-corrected chi connectivity index (χ4v) is 14.6. The van der Waals surface area contributed by atoms with E-state index in [2.05, 4.69) is 35.3 Å². The first-order valence-corrected chi connectivity index (χ1v) is 32.7. The summed E-state index contributed by atoms with van der Waals surface area (Å²) in [5, 5.41) is 10.9. The largest absolute Gasteiger partial charge is 0.493 e. The number of carbonyl (C=O) groups excluding carboxylic acids is 4. The van der Waals surface area contributed by atoms with Gasteiger partial charge in [-0.1, -0.05) is 55.8 Å². The van der Waals surface area contributed by atoms with Gasteiger partial charge < -0.3 is 47.9 Å². The van der Waals surface area contributed by atoms with Crippen molar-refractivity contribution in [3.8, 4) is 39.5 Å². The third kappa shape index (κ3) is 14.1. The van der Waals surface area contributed by atoms with Crippen molar-refractivity contribution in [2.24, 2.45) is 16.8 Å². The first-order valence-electron chi connectivity index (χ1n) is 31.5. The summed E-state index contributed by atoms with van der Waals surface area (Å²) in [7, 11) is 7.80. The lowest BCUT2D eigenvalue weighted by Gasteiger charge is -2.40. The van der Waals surface area contributed by atoms with E-state index in [0.29, 0.717) is 127 Å². The zero-order valence-corrected chi connectivity index (χ0v) is 55.1. The van der Waals surface area contributed by atoms with Crippen LogP contribution in [0, 0.1) is 32.6 Å². The van der Waals surface area contributed by atoms with E-state index in [4.69, 9.17) is 54.9 Å². The molecule has 3 saturated heterocycles. The third-order valence-electron chi connectivity index (χ3n) is 18.5. The van der Waals surface area contributed by atoms with E-state index < -0.39 is 36.0 Å². The first kappa shape index (κ1) is 65.3. The molecule has 0 unspecified atom stereocenters. The molecular formula is C69H85ClN8O11S. The summed E-state index contributed by atoms with van der Waals surface area (Å²) in [5.74, 6) is 3.10. The van der Waals surface area contributed by atoms with Crippen LogP contribution in [0.4, 0.5) is 0 Å². The van der Waals surface area contributed by atoms with Crippen molar-refractivity contribution < 1.29 is 52.3 Å². The Bertz CT molecular complexity index is 3530. The number of likely N-dealkylation sites (tertiary alicyclic amines) is 2. The monoisotopic (exact) mass is 1270 g/mol. The van der Waals surface area contributed by atoms with E-state index in [1.807, 2.05) is 84.3 Å². The molecular weight excluding hydrogens is 1180 g/mol. The molecule has 3 fully saturated rings. The molecule has 0 saturated carbocycles. The lowest BCUT2D eigenvalue weighted by molar-refractivity contribution is -0.162. The second-order valence-electron chi connectivity index (χ2n) is 23.8. The standard InChI is InChI=1S/C69H85ClN8O11S/c1-11-52(49-38-58(85-8)64(87-10)59(39-49)86-9)67(81)77-29-14-13-18-54(77)69(82)89-55(25-19-45-20-26-56(83-6)57(36-45)84-7)48-16-15-17-51(37-48)88-41-60(79)75-30-27-46(28-31-75)40-74-32-34-76(35-33-74)66(80)53(12-2)63-65-73-72-44(5)78(65)68-61(42(3)43(4)90-68)62(71-63)47-21-23-50(70)24-22-47/h15-17,20-24,26,36-39,46,52-55,63H,11-14,18-19,25,27-35,40-41H2,1-10H3/t52-,53+,54-,55+,63-/m0/s1. The summed E-state index contributed by atoms with van der Waals surface area (Å²) in [6, 6.07) is 23.1. The average Bonchev–Trinajstić information content (AvgIpc) is 1.59. The van der Waals surface area contributed by atoms with Gasteiger partial charge in [0.2, 0.25) is 17.6 Å². The van der Waals surface area contributed by atoms with Crippen molar-refractivity contribution in [2.45, 2.75) is 117 Å². The molecule has 2 aromatic heterocycles. The smallest absolute Gasteiger partial charge is 0.329 e. The highest BCUT2D eigenvalue weighted by Gasteiger charge is 2.42. The molecule has 0 N–H and O–H groups in total. The molecule has 0 bridgehead atoms. The number of aryl methyl sites for hydroxylation is 3. The van der Waals surface area contributed by atoms with Crippen LogP contribution in [-0.2, 0) is 30.3 Å². The minimum absolute atomic E-state index is 0.0781. The van der Waals surface area contributed by atoms with Gasteiger partial charge in [-0.2, -0.15) is 0 Å². The Balaban J connectivity index is 0.754. The predicted molar refractivity (Wildman–Crippen MR) is 347 cm³/mol. The average molecular weight is 1270 g/mol. The molecule has 4 aromatic carbocycles. The van der Waals surface area contributed by atoms with Gasteiger partial charge in [-0.15, -0.1) is 21.5 Å². The number of piperazine rings is 1. The van der Waals surface area contributed by atoms with E-state index in [1.54, 1.807) is 62.9 Å². The van der Waals surface area contributed by atoms with Crippen LogP contribution in [0.25, 0.3) is 5.00 Å². The highest BCUT2D eigenvalue weighted by Crippen LogP contribution is 2.44. The highest BCUT2D eigenvalue weighted by molar-refractivity contribution is 7.15. The fraction of sp³-hybridized carbons (Fsp3) is 0.493. The minimum atomic E-state index is -0.809. The number of rotatable bonds is 23. The molecule has 3 amide bonds. The number of fused-ring (bicyclic) bond motifs is 3. The lowest BCUT2D eigenvalue weighted by Crippen LogP contribution is -2.52. The molecule has 4 aliphatic heterocycles. The van der Waals surface area contributed by atoms with Gasteiger partial charge in [0.25, 0.3) is 5.91 Å². The molecule has 6 heterocycles. The summed E-state index contributed by atoms with van der Waals surface area (Å²) in [6.45, 7) is 15.4. The molecule has 21 heteroatoms. The Hall–Kier alpha value is -7.68. The minimum Gasteiger partial charge on any atom is -0.493 e. The normalized spacial score (nSPS) is 18.1. The molecule has 19 nitrogen and oxygen atoms in total. The first-order chi connectivity index (χ1) is 43.6. The van der Waals surface area contributed by atoms with E-state index >= 15 is 0 Å². The number of nitrogens with zero attached hydrogens (tertiary/aromatic N) is 8. The maximum absolute atomic E-state index is 14.8. The molecule has 6 aromatic rings. The highest BCUT2D eigenvalue weighted by atomic mass is 35.5. The van der Waals surface area contributed by atoms with Gasteiger partial charge in [0.15, 0.2) is 35.4 Å². The predicted octanol–water partition coefficient (Wildman–Crippen LogP) is 11.1. The van der Waals surface area contributed by atoms with Crippen LogP contribution in [0.3, 0.4) is 0 Å². The van der Waals surface area contributed by atoms with Crippen molar-refractivity contribution in [3.63, 3.8) is 0 Å². The number of ether oxygens (including phenoxy) is 7. The Morgan fingerprint density at radius 2 is 1.41 bits per heavy atom. The van der Waals surface area contributed by atoms with Gasteiger partial charge >= 0.3 is 5.97 Å². The van der Waals surface area contributed by atoms with Gasteiger partial charge in [0, 0.05) is 73.4 Å². The van der Waals surface area contributed by atoms with E-state index in [0.717, 1.165) is 84.1 Å². The number of hydrogen-bond acceptors (Lipinski definition) is 16. The van der Waals surface area contributed by atoms with Crippen molar-refractivity contribution in [3.05, 3.63) is 134 Å². The Kier molecular flexibility index (Phi) is 21.4. The molecule has 480 valence electrons. The van der Waals surface area contributed by atoms with Crippen LogP contribution in [0.5, 0.6) is 34.5 Å². The fourth-order valence-electron chi connectivity index (χ4n) is 13.3. The lowest BCUT2D eigenvalue weighted by atomic mass is 9.91. The molecule has 0 spiro atoms. The zero-order valence-electron chi connectivity index (χ0n) is 53.6. The molecule has 5 atom stereocenters. The van der Waals surface area contributed by atoms with Gasteiger partial charge in [-0.05, 0) is 155 Å². The van der Waals surface area contributed by atoms with Gasteiger partial charge in [-0.3, -0.25) is 28.8 Å². The molecule has 4 aliphatic rings. The summed E-state index contributed by atoms with van der Waals surface area (Å²) in [6.07, 6.45) is 4.93. The maximum atomic E-state index is 14.8. The van der Waals surface area contributed by atoms with Crippen molar-refractivity contribution in [1.82, 2.24) is 34.4 Å². The van der Waals surface area contributed by atoms with E-state index in [-0.39, 0.29) is 24.3 Å². The van der Waals surface area contributed by atoms with Crippen LogP contribution in [0.2, 0.25) is 5.02 Å². The summed E-state index contributed by atoms with van der Waals surface area (Å²) >= 11 is 8.07. The Morgan fingerprint density at radius 1 is 0.700 bits per heavy atom. The number of halogens is 1. The number of amides is 3. The zero-order chi connectivity index (χ0) is 63.8. The van der Waals surface area contributed by atoms with Crippen molar-refractivity contribution in [2.75, 3.05) is 94.5 Å². The summed E-state index contributed by atoms with van der Waals surface area (Å²) in [4.78, 5) is 72.7. The number of carbonyl (C=O) groups is 4. The number of thiophene rings is 1. The van der Waals surface area contributed by atoms with Crippen LogP contribution in [0.1, 0.15) is 133 Å². The van der Waals surface area contributed by atoms with Gasteiger partial charge in [0.1, 0.15) is 34.8 Å². The quantitative estimate of drug-likeness (QED) is 0.0551. The summed E-state index contributed by atoms with van der Waals surface area (Å²) in [5.41, 5.74) is 6.30. The molecule has 0 aliphatic carbocycles.